The molecule has 2 aromatic rings. The summed E-state index contributed by atoms with van der Waals surface area (Å²) < 4.78 is 12.4. The first kappa shape index (κ1) is 19.5. The van der Waals surface area contributed by atoms with Crippen molar-refractivity contribution in [3.05, 3.63) is 41.7 Å². The summed E-state index contributed by atoms with van der Waals surface area (Å²) in [7, 11) is 3.12. The average molecular weight is 426 g/mol. The lowest BCUT2D eigenvalue weighted by atomic mass is 9.91. The Hall–Kier alpha value is -1.86. The Balaban J connectivity index is 2.56. The van der Waals surface area contributed by atoms with Crippen LogP contribution in [0.2, 0.25) is 0 Å². The van der Waals surface area contributed by atoms with Crippen molar-refractivity contribution in [3.63, 3.8) is 0 Å². The number of ether oxygens (including phenoxy) is 2. The molecule has 5 nitrogen and oxygen atoms in total. The summed E-state index contributed by atoms with van der Waals surface area (Å²) in [4.78, 5) is 27.0. The minimum atomic E-state index is -0.489. The maximum atomic E-state index is 12.2. The number of thiazole rings is 1. The molecule has 0 spiro atoms. The van der Waals surface area contributed by atoms with E-state index in [1.165, 1.54) is 17.4 Å². The molecule has 25 heavy (non-hydrogen) atoms. The summed E-state index contributed by atoms with van der Waals surface area (Å²) in [5.74, 6) is 1.12. The van der Waals surface area contributed by atoms with Gasteiger partial charge in [-0.15, -0.1) is 11.3 Å². The summed E-state index contributed by atoms with van der Waals surface area (Å²) in [5, 5.41) is 0. The second-order valence-electron chi connectivity index (χ2n) is 6.42. The number of halogens is 1. The zero-order chi connectivity index (χ0) is 18.8. The van der Waals surface area contributed by atoms with Crippen LogP contribution in [0.4, 0.5) is 0 Å². The summed E-state index contributed by atoms with van der Waals surface area (Å²) in [6, 6.07) is 3.56. The summed E-state index contributed by atoms with van der Waals surface area (Å²) in [6.07, 6.45) is 3.22. The predicted molar refractivity (Wildman–Crippen MR) is 104 cm³/mol. The maximum absolute atomic E-state index is 12.2. The third kappa shape index (κ3) is 4.61. The standard InChI is InChI=1S/C18H20BrNO4S/c1-18(2,3)15(21)9-16-20-17(22)14(25-16)7-10-6-12(23-4)13(24-5)8-11(10)19/h6-9H,1-5H3,(H,20,22)/b14-7-,16-9-. The summed E-state index contributed by atoms with van der Waals surface area (Å²) >= 11 is 4.71. The third-order valence-corrected chi connectivity index (χ3v) is 5.12. The Morgan fingerprint density at radius 3 is 2.36 bits per heavy atom. The minimum absolute atomic E-state index is 0.0381. The Kier molecular flexibility index (Phi) is 5.90. The van der Waals surface area contributed by atoms with Gasteiger partial charge >= 0.3 is 0 Å². The molecule has 1 aromatic heterocycles. The number of hydrogen-bond acceptors (Lipinski definition) is 5. The molecule has 1 heterocycles. The van der Waals surface area contributed by atoms with Crippen LogP contribution in [-0.4, -0.2) is 25.0 Å². The number of carbonyl (C=O) groups is 1. The highest BCUT2D eigenvalue weighted by atomic mass is 79.9. The molecule has 0 aliphatic carbocycles. The molecule has 2 rings (SSSR count). The molecule has 0 aliphatic heterocycles. The molecular formula is C18H20BrNO4S. The van der Waals surface area contributed by atoms with Gasteiger partial charge in [0.05, 0.1) is 23.4 Å². The zero-order valence-corrected chi connectivity index (χ0v) is 17.1. The Labute approximate surface area is 158 Å². The highest BCUT2D eigenvalue weighted by molar-refractivity contribution is 9.10. The lowest BCUT2D eigenvalue weighted by Gasteiger charge is -2.12. The number of ketones is 1. The van der Waals surface area contributed by atoms with Crippen LogP contribution in [0.25, 0.3) is 12.2 Å². The van der Waals surface area contributed by atoms with Crippen molar-refractivity contribution in [2.45, 2.75) is 20.8 Å². The van der Waals surface area contributed by atoms with Crippen molar-refractivity contribution < 1.29 is 14.3 Å². The second-order valence-corrected chi connectivity index (χ2v) is 8.35. The molecule has 0 radical (unpaired) electrons. The number of Topliss-reactive ketones (excluding diaryl/α,β-unsaturated/α-hetero) is 1. The van der Waals surface area contributed by atoms with Gasteiger partial charge in [-0.1, -0.05) is 36.7 Å². The number of aromatic amines is 1. The maximum Gasteiger partial charge on any atom is 0.266 e. The van der Waals surface area contributed by atoms with Gasteiger partial charge in [0.2, 0.25) is 0 Å². The number of rotatable bonds is 4. The monoisotopic (exact) mass is 425 g/mol. The number of H-pyrrole nitrogens is 1. The Morgan fingerprint density at radius 1 is 1.20 bits per heavy atom. The van der Waals surface area contributed by atoms with Crippen molar-refractivity contribution in [2.75, 3.05) is 14.2 Å². The van der Waals surface area contributed by atoms with Crippen LogP contribution in [0.3, 0.4) is 0 Å². The molecule has 0 aliphatic rings. The molecular weight excluding hydrogens is 406 g/mol. The van der Waals surface area contributed by atoms with Gasteiger partial charge in [-0.05, 0) is 23.8 Å². The van der Waals surface area contributed by atoms with E-state index < -0.39 is 5.41 Å². The van der Waals surface area contributed by atoms with Crippen molar-refractivity contribution in [1.29, 1.82) is 0 Å². The number of benzene rings is 1. The van der Waals surface area contributed by atoms with Gasteiger partial charge in [-0.25, -0.2) is 0 Å². The molecule has 0 saturated carbocycles. The molecule has 1 N–H and O–H groups in total. The van der Waals surface area contributed by atoms with E-state index in [0.717, 1.165) is 10.0 Å². The van der Waals surface area contributed by atoms with Gasteiger partial charge in [0, 0.05) is 16.0 Å². The van der Waals surface area contributed by atoms with Gasteiger partial charge in [-0.2, -0.15) is 0 Å². The number of carbonyl (C=O) groups excluding carboxylic acids is 1. The quantitative estimate of drug-likeness (QED) is 0.816. The van der Waals surface area contributed by atoms with Gasteiger partial charge < -0.3 is 14.5 Å². The van der Waals surface area contributed by atoms with E-state index in [1.807, 2.05) is 20.8 Å². The van der Waals surface area contributed by atoms with E-state index in [0.29, 0.717) is 20.7 Å². The zero-order valence-electron chi connectivity index (χ0n) is 14.7. The Bertz CT molecular complexity index is 966. The molecule has 0 atom stereocenters. The largest absolute Gasteiger partial charge is 0.493 e. The molecule has 1 aromatic carbocycles. The van der Waals surface area contributed by atoms with Gasteiger partial charge in [0.25, 0.3) is 5.56 Å². The van der Waals surface area contributed by atoms with Crippen LogP contribution < -0.4 is 24.2 Å². The fraction of sp³-hybridized carbons (Fsp3) is 0.333. The SMILES string of the molecule is COc1cc(Br)c(/C=c2\s/c(=C\C(=O)C(C)(C)C)[nH]c2=O)cc1OC. The smallest absolute Gasteiger partial charge is 0.266 e. The molecule has 0 amide bonds. The normalized spacial score (nSPS) is 13.2. The van der Waals surface area contributed by atoms with Crippen molar-refractivity contribution in [2.24, 2.45) is 5.41 Å². The van der Waals surface area contributed by atoms with Crippen LogP contribution >= 0.6 is 27.3 Å². The van der Waals surface area contributed by atoms with E-state index in [2.05, 4.69) is 20.9 Å². The second kappa shape index (κ2) is 7.58. The van der Waals surface area contributed by atoms with Gasteiger partial charge in [0.15, 0.2) is 17.3 Å². The third-order valence-electron chi connectivity index (χ3n) is 3.47. The molecule has 0 fully saturated rings. The fourth-order valence-corrected chi connectivity index (χ4v) is 3.29. The van der Waals surface area contributed by atoms with E-state index in [1.54, 1.807) is 32.4 Å². The van der Waals surface area contributed by atoms with Crippen LogP contribution in [0.1, 0.15) is 26.3 Å². The van der Waals surface area contributed by atoms with Crippen LogP contribution in [0.5, 0.6) is 11.5 Å². The topological polar surface area (TPSA) is 68.4 Å². The minimum Gasteiger partial charge on any atom is -0.493 e. The predicted octanol–water partition coefficient (Wildman–Crippen LogP) is 2.44. The van der Waals surface area contributed by atoms with Gasteiger partial charge in [-0.3, -0.25) is 9.59 Å². The van der Waals surface area contributed by atoms with Crippen LogP contribution in [0.15, 0.2) is 21.4 Å². The lowest BCUT2D eigenvalue weighted by Crippen LogP contribution is -2.22. The molecule has 7 heteroatoms. The molecule has 0 saturated heterocycles. The first-order valence-electron chi connectivity index (χ1n) is 7.54. The summed E-state index contributed by atoms with van der Waals surface area (Å²) in [5.41, 5.74) is 0.0512. The van der Waals surface area contributed by atoms with Crippen LogP contribution in [0, 0.1) is 5.41 Å². The first-order valence-corrected chi connectivity index (χ1v) is 9.15. The number of nitrogens with one attached hydrogen (secondary N) is 1. The Morgan fingerprint density at radius 2 is 1.80 bits per heavy atom. The first-order chi connectivity index (χ1) is 11.7. The van der Waals surface area contributed by atoms with Crippen LogP contribution in [-0.2, 0) is 4.79 Å². The van der Waals surface area contributed by atoms with Crippen molar-refractivity contribution in [3.8, 4) is 11.5 Å². The molecule has 0 bridgehead atoms. The van der Waals surface area contributed by atoms with E-state index in [9.17, 15) is 9.59 Å². The molecule has 0 unspecified atom stereocenters. The van der Waals surface area contributed by atoms with Gasteiger partial charge in [0.1, 0.15) is 0 Å². The highest BCUT2D eigenvalue weighted by Crippen LogP contribution is 2.33. The number of methoxy groups -OCH3 is 2. The number of hydrogen-bond donors (Lipinski definition) is 1. The lowest BCUT2D eigenvalue weighted by molar-refractivity contribution is -0.119. The highest BCUT2D eigenvalue weighted by Gasteiger charge is 2.18. The van der Waals surface area contributed by atoms with E-state index in [-0.39, 0.29) is 11.3 Å². The van der Waals surface area contributed by atoms with Crippen molar-refractivity contribution >= 4 is 45.2 Å². The fourth-order valence-electron chi connectivity index (χ4n) is 1.98. The van der Waals surface area contributed by atoms with Crippen molar-refractivity contribution in [1.82, 2.24) is 4.98 Å². The van der Waals surface area contributed by atoms with E-state index in [4.69, 9.17) is 9.47 Å². The van der Waals surface area contributed by atoms with E-state index >= 15 is 0 Å². The number of aromatic nitrogens is 1. The molecule has 134 valence electrons. The summed E-state index contributed by atoms with van der Waals surface area (Å²) in [6.45, 7) is 5.52. The average Bonchev–Trinajstić information content (AvgIpc) is 2.87.